The minimum absolute atomic E-state index is 0.140. The van der Waals surface area contributed by atoms with E-state index in [0.717, 1.165) is 63.6 Å². The molecule has 0 fully saturated rings. The Kier molecular flexibility index (Phi) is 13.8. The summed E-state index contributed by atoms with van der Waals surface area (Å²) in [6.45, 7) is 9.80. The largest absolute Gasteiger partial charge is 0.496 e. The monoisotopic (exact) mass is 950 g/mol. The molecule has 2 heterocycles. The zero-order valence-corrected chi connectivity index (χ0v) is 37.4. The lowest BCUT2D eigenvalue weighted by Crippen LogP contribution is -2.35. The van der Waals surface area contributed by atoms with Crippen LogP contribution in [0.25, 0.3) is 0 Å². The summed E-state index contributed by atoms with van der Waals surface area (Å²) in [6, 6.07) is 27.2. The van der Waals surface area contributed by atoms with Gasteiger partial charge in [-0.1, -0.05) is 89.8 Å². The van der Waals surface area contributed by atoms with Gasteiger partial charge in [-0.25, -0.2) is 16.8 Å². The van der Waals surface area contributed by atoms with Gasteiger partial charge >= 0.3 is 0 Å². The highest BCUT2D eigenvalue weighted by Gasteiger charge is 2.41. The van der Waals surface area contributed by atoms with Crippen LogP contribution in [0.5, 0.6) is 11.5 Å². The van der Waals surface area contributed by atoms with E-state index >= 15 is 0 Å². The Bertz CT molecular complexity index is 1980. The number of nitrogens with zero attached hydrogens (tertiary/aromatic N) is 2. The average Bonchev–Trinajstić information content (AvgIpc) is 3.29. The fourth-order valence-electron chi connectivity index (χ4n) is 7.57. The van der Waals surface area contributed by atoms with Crippen molar-refractivity contribution < 1.29 is 26.3 Å². The summed E-state index contributed by atoms with van der Waals surface area (Å²) < 4.78 is 65.8. The predicted octanol–water partition coefficient (Wildman–Crippen LogP) is 11.0. The highest BCUT2D eigenvalue weighted by Crippen LogP contribution is 2.47. The number of rotatable bonds is 10. The van der Waals surface area contributed by atoms with Gasteiger partial charge in [0.1, 0.15) is 11.5 Å². The summed E-state index contributed by atoms with van der Waals surface area (Å²) in [5.41, 5.74) is 2.81. The Balaban J connectivity index is 0.000000208. The molecule has 6 rings (SSSR count). The lowest BCUT2D eigenvalue weighted by Gasteiger charge is -2.34. The van der Waals surface area contributed by atoms with Gasteiger partial charge in [0.05, 0.1) is 54.9 Å². The van der Waals surface area contributed by atoms with Crippen molar-refractivity contribution in [2.24, 2.45) is 10.8 Å². The lowest BCUT2D eigenvalue weighted by atomic mass is 9.86. The van der Waals surface area contributed by atoms with Crippen LogP contribution in [-0.4, -0.2) is 55.7 Å². The smallest absolute Gasteiger partial charge is 0.181 e. The molecular weight excluding hydrogens is 899 g/mol. The van der Waals surface area contributed by atoms with E-state index in [-0.39, 0.29) is 22.3 Å². The number of ether oxygens (including phenoxy) is 2. The van der Waals surface area contributed by atoms with E-state index in [4.69, 9.17) is 9.47 Å². The maximum atomic E-state index is 13.3. The van der Waals surface area contributed by atoms with Gasteiger partial charge < -0.3 is 19.3 Å². The van der Waals surface area contributed by atoms with Crippen molar-refractivity contribution in [2.75, 3.05) is 48.6 Å². The summed E-state index contributed by atoms with van der Waals surface area (Å²) in [7, 11) is -3.75. The van der Waals surface area contributed by atoms with E-state index in [1.807, 2.05) is 72.8 Å². The second-order valence-corrected chi connectivity index (χ2v) is 21.0. The number of methoxy groups -OCH3 is 2. The van der Waals surface area contributed by atoms with E-state index in [0.29, 0.717) is 40.1 Å². The quantitative estimate of drug-likeness (QED) is 0.145. The Labute approximate surface area is 344 Å². The molecule has 2 aliphatic heterocycles. The molecule has 0 saturated heterocycles. The highest BCUT2D eigenvalue weighted by atomic mass is 127. The van der Waals surface area contributed by atoms with Gasteiger partial charge in [-0.15, -0.1) is 0 Å². The molecule has 292 valence electrons. The van der Waals surface area contributed by atoms with Gasteiger partial charge in [0.2, 0.25) is 0 Å². The first-order valence-corrected chi connectivity index (χ1v) is 23.6. The molecule has 54 heavy (non-hydrogen) atoms. The molecular formula is C42H52BrIN2O6S2. The van der Waals surface area contributed by atoms with E-state index in [2.05, 4.69) is 76.0 Å². The standard InChI is InChI=1S/C21H26BrNO3S.C21H26INO3S/c2*1-4-5-11-21(2)14-23(16-9-7-6-8-10-16)18-12-17(22)19(26-3)13-20(18)27(24,25)15-21/h2*6-10,12-13H,4-5,11,14-15H2,1-3H3. The summed E-state index contributed by atoms with van der Waals surface area (Å²) in [4.78, 5) is 5.01. The molecule has 0 N–H and O–H groups in total. The third-order valence-electron chi connectivity index (χ3n) is 10.3. The number of sulfone groups is 2. The molecule has 2 unspecified atom stereocenters. The molecule has 12 heteroatoms. The summed E-state index contributed by atoms with van der Waals surface area (Å²) >= 11 is 5.73. The van der Waals surface area contributed by atoms with Gasteiger partial charge in [0.25, 0.3) is 0 Å². The molecule has 4 aromatic rings. The number of benzene rings is 4. The van der Waals surface area contributed by atoms with Gasteiger partial charge in [0, 0.05) is 36.6 Å². The summed E-state index contributed by atoms with van der Waals surface area (Å²) in [6.07, 6.45) is 5.89. The Hall–Kier alpha value is -2.81. The normalized spacial score (nSPS) is 21.4. The van der Waals surface area contributed by atoms with Gasteiger partial charge in [-0.05, 0) is 98.6 Å². The Morgan fingerprint density at radius 3 is 1.48 bits per heavy atom. The van der Waals surface area contributed by atoms with Gasteiger partial charge in [-0.2, -0.15) is 0 Å². The van der Waals surface area contributed by atoms with E-state index in [1.165, 1.54) is 0 Å². The van der Waals surface area contributed by atoms with E-state index in [1.54, 1.807) is 26.4 Å². The van der Waals surface area contributed by atoms with Crippen molar-refractivity contribution in [3.05, 3.63) is 93.0 Å². The topological polar surface area (TPSA) is 93.2 Å². The van der Waals surface area contributed by atoms with E-state index < -0.39 is 19.7 Å². The third-order valence-corrected chi connectivity index (χ3v) is 15.9. The van der Waals surface area contributed by atoms with Crippen LogP contribution in [0.3, 0.4) is 0 Å². The van der Waals surface area contributed by atoms with Crippen molar-refractivity contribution in [3.63, 3.8) is 0 Å². The van der Waals surface area contributed by atoms with Crippen LogP contribution in [0, 0.1) is 14.4 Å². The van der Waals surface area contributed by atoms with E-state index in [9.17, 15) is 16.8 Å². The van der Waals surface area contributed by atoms with Crippen LogP contribution in [0.4, 0.5) is 22.7 Å². The predicted molar refractivity (Wildman–Crippen MR) is 233 cm³/mol. The lowest BCUT2D eigenvalue weighted by molar-refractivity contribution is 0.337. The fourth-order valence-corrected chi connectivity index (χ4v) is 12.9. The number of hydrogen-bond acceptors (Lipinski definition) is 8. The molecule has 0 aliphatic carbocycles. The number of anilines is 4. The first-order valence-electron chi connectivity index (χ1n) is 18.4. The average molecular weight is 952 g/mol. The minimum Gasteiger partial charge on any atom is -0.496 e. The van der Waals surface area contributed by atoms with Gasteiger partial charge in [-0.3, -0.25) is 0 Å². The van der Waals surface area contributed by atoms with Crippen LogP contribution < -0.4 is 19.3 Å². The molecule has 2 atom stereocenters. The zero-order valence-electron chi connectivity index (χ0n) is 32.1. The second kappa shape index (κ2) is 17.5. The van der Waals surface area contributed by atoms with Crippen LogP contribution in [0.1, 0.15) is 66.2 Å². The van der Waals surface area contributed by atoms with Crippen molar-refractivity contribution >= 4 is 80.9 Å². The molecule has 8 nitrogen and oxygen atoms in total. The third kappa shape index (κ3) is 9.58. The number of unbranched alkanes of at least 4 members (excludes halogenated alkanes) is 2. The summed E-state index contributed by atoms with van der Waals surface area (Å²) in [5, 5.41) is 0. The first kappa shape index (κ1) is 42.3. The molecule has 0 radical (unpaired) electrons. The molecule has 0 amide bonds. The van der Waals surface area contributed by atoms with Crippen LogP contribution in [0.2, 0.25) is 0 Å². The minimum atomic E-state index is -3.45. The van der Waals surface area contributed by atoms with Crippen LogP contribution in [0.15, 0.2) is 99.2 Å². The molecule has 4 aromatic carbocycles. The van der Waals surface area contributed by atoms with Crippen molar-refractivity contribution in [1.29, 1.82) is 0 Å². The maximum absolute atomic E-state index is 13.3. The van der Waals surface area contributed by atoms with Crippen molar-refractivity contribution in [2.45, 2.75) is 76.0 Å². The number of para-hydroxylation sites is 2. The number of hydrogen-bond donors (Lipinski definition) is 0. The van der Waals surface area contributed by atoms with Crippen LogP contribution >= 0.6 is 38.5 Å². The zero-order chi connectivity index (χ0) is 39.3. The van der Waals surface area contributed by atoms with Crippen LogP contribution in [-0.2, 0) is 19.7 Å². The molecule has 0 aromatic heterocycles. The molecule has 0 spiro atoms. The Morgan fingerprint density at radius 2 is 1.07 bits per heavy atom. The molecule has 0 saturated carbocycles. The molecule has 0 bridgehead atoms. The second-order valence-electron chi connectivity index (χ2n) is 15.1. The maximum Gasteiger partial charge on any atom is 0.181 e. The SMILES string of the molecule is CCCCC1(C)CN(c2ccccc2)c2cc(Br)c(OC)cc2S(=O)(=O)C1.CCCCC1(C)CN(c2ccccc2)c2cc(I)c(OC)cc2S(=O)(=O)C1. The van der Waals surface area contributed by atoms with Gasteiger partial charge in [0.15, 0.2) is 19.7 Å². The van der Waals surface area contributed by atoms with Crippen molar-refractivity contribution in [3.8, 4) is 11.5 Å². The first-order chi connectivity index (χ1) is 25.6. The Morgan fingerprint density at radius 1 is 0.667 bits per heavy atom. The fraction of sp³-hybridized carbons (Fsp3) is 0.429. The number of halogens is 2. The van der Waals surface area contributed by atoms with Crippen molar-refractivity contribution in [1.82, 2.24) is 0 Å². The number of fused-ring (bicyclic) bond motifs is 2. The highest BCUT2D eigenvalue weighted by molar-refractivity contribution is 14.1. The summed E-state index contributed by atoms with van der Waals surface area (Å²) in [5.74, 6) is 1.42. The molecule has 2 aliphatic rings.